The number of Topliss-reactive ketones (excluding diaryl/α,β-unsaturated/α-hetero) is 1. The number of nitrogens with one attached hydrogen (secondary N) is 1. The highest BCUT2D eigenvalue weighted by atomic mass is 16.1. The van der Waals surface area contributed by atoms with Crippen molar-refractivity contribution in [3.63, 3.8) is 0 Å². The lowest BCUT2D eigenvalue weighted by Crippen LogP contribution is -2.33. The number of hydrazone groups is 1. The lowest BCUT2D eigenvalue weighted by atomic mass is 9.95. The molecule has 2 rings (SSSR count). The van der Waals surface area contributed by atoms with Crippen molar-refractivity contribution in [1.29, 1.82) is 5.26 Å². The highest BCUT2D eigenvalue weighted by Crippen LogP contribution is 2.18. The molecule has 1 unspecified atom stereocenters. The molecule has 0 fully saturated rings. The molecule has 0 spiro atoms. The molecule has 0 bridgehead atoms. The fraction of sp³-hybridized carbons (Fsp3) is 0.250. The van der Waals surface area contributed by atoms with Gasteiger partial charge < -0.3 is 0 Å². The van der Waals surface area contributed by atoms with Crippen molar-refractivity contribution >= 4 is 11.5 Å². The van der Waals surface area contributed by atoms with Gasteiger partial charge in [0, 0.05) is 12.0 Å². The van der Waals surface area contributed by atoms with E-state index >= 15 is 0 Å². The summed E-state index contributed by atoms with van der Waals surface area (Å²) in [5.41, 5.74) is 2.95. The summed E-state index contributed by atoms with van der Waals surface area (Å²) in [7, 11) is 0. The number of nitrogens with zero attached hydrogens (tertiary/aromatic N) is 2. The van der Waals surface area contributed by atoms with E-state index in [-0.39, 0.29) is 5.78 Å². The van der Waals surface area contributed by atoms with Crippen LogP contribution in [0.15, 0.2) is 35.4 Å². The Hall–Kier alpha value is -2.15. The number of rotatable bonds is 2. The van der Waals surface area contributed by atoms with E-state index in [0.717, 1.165) is 0 Å². The van der Waals surface area contributed by atoms with Crippen LogP contribution in [0.3, 0.4) is 0 Å². The minimum Gasteiger partial charge on any atom is -0.289 e. The average Bonchev–Trinajstić information content (AvgIpc) is 2.73. The minimum absolute atomic E-state index is 0.118. The molecule has 0 saturated carbocycles. The first-order chi connectivity index (χ1) is 7.64. The largest absolute Gasteiger partial charge is 0.289 e. The number of hydrogen-bond donors (Lipinski definition) is 1. The van der Waals surface area contributed by atoms with Crippen LogP contribution in [0.5, 0.6) is 0 Å². The van der Waals surface area contributed by atoms with Gasteiger partial charge >= 0.3 is 0 Å². The number of carbonyl (C=O) groups is 1. The third-order valence-electron chi connectivity index (χ3n) is 2.50. The Bertz CT molecular complexity index is 487. The summed E-state index contributed by atoms with van der Waals surface area (Å²) in [5.74, 6) is -0.118. The molecule has 1 aromatic carbocycles. The van der Waals surface area contributed by atoms with Crippen molar-refractivity contribution in [3.8, 4) is 6.07 Å². The smallest absolute Gasteiger partial charge is 0.209 e. The number of ketones is 1. The van der Waals surface area contributed by atoms with E-state index in [4.69, 9.17) is 5.26 Å². The second-order valence-electron chi connectivity index (χ2n) is 3.99. The molecular weight excluding hydrogens is 202 g/mol. The van der Waals surface area contributed by atoms with E-state index in [1.807, 2.05) is 6.07 Å². The molecule has 0 radical (unpaired) electrons. The second-order valence-corrected chi connectivity index (χ2v) is 3.99. The lowest BCUT2D eigenvalue weighted by Gasteiger charge is -2.11. The van der Waals surface area contributed by atoms with E-state index in [1.54, 1.807) is 31.2 Å². The Morgan fingerprint density at radius 3 is 2.75 bits per heavy atom. The van der Waals surface area contributed by atoms with Crippen molar-refractivity contribution in [1.82, 2.24) is 5.43 Å². The molecule has 0 saturated heterocycles. The molecular formula is C12H11N3O. The molecule has 0 aliphatic carbocycles. The summed E-state index contributed by atoms with van der Waals surface area (Å²) in [5, 5.41) is 12.8. The summed E-state index contributed by atoms with van der Waals surface area (Å²) in [6.45, 7) is 1.72. The Morgan fingerprint density at radius 1 is 1.50 bits per heavy atom. The Balaban J connectivity index is 2.18. The monoisotopic (exact) mass is 213 g/mol. The molecule has 4 heteroatoms. The van der Waals surface area contributed by atoms with E-state index in [0.29, 0.717) is 17.7 Å². The zero-order valence-electron chi connectivity index (χ0n) is 8.90. The molecule has 1 aliphatic rings. The van der Waals surface area contributed by atoms with E-state index in [9.17, 15) is 4.79 Å². The highest BCUT2D eigenvalue weighted by Gasteiger charge is 2.34. The van der Waals surface area contributed by atoms with Gasteiger partial charge in [-0.25, -0.2) is 0 Å². The van der Waals surface area contributed by atoms with E-state index < -0.39 is 5.54 Å². The summed E-state index contributed by atoms with van der Waals surface area (Å²) < 4.78 is 0. The molecule has 80 valence electrons. The first kappa shape index (κ1) is 10.4. The SMILES string of the molecule is CC1(C#N)CC(C(=O)c2ccccc2)=NN1. The molecule has 1 heterocycles. The fourth-order valence-electron chi connectivity index (χ4n) is 1.56. The first-order valence-corrected chi connectivity index (χ1v) is 4.99. The maximum absolute atomic E-state index is 12.0. The average molecular weight is 213 g/mol. The molecule has 16 heavy (non-hydrogen) atoms. The third-order valence-corrected chi connectivity index (χ3v) is 2.50. The summed E-state index contributed by atoms with van der Waals surface area (Å²) in [4.78, 5) is 12.0. The van der Waals surface area contributed by atoms with Crippen molar-refractivity contribution in [2.24, 2.45) is 5.10 Å². The van der Waals surface area contributed by atoms with Crippen molar-refractivity contribution in [2.75, 3.05) is 0 Å². The predicted octanol–water partition coefficient (Wildman–Crippen LogP) is 1.50. The molecule has 1 N–H and O–H groups in total. The highest BCUT2D eigenvalue weighted by molar-refractivity contribution is 6.46. The van der Waals surface area contributed by atoms with Gasteiger partial charge in [-0.05, 0) is 6.92 Å². The topological polar surface area (TPSA) is 65.2 Å². The number of nitriles is 1. The van der Waals surface area contributed by atoms with Crippen molar-refractivity contribution < 1.29 is 4.79 Å². The molecule has 1 aliphatic heterocycles. The predicted molar refractivity (Wildman–Crippen MR) is 60.0 cm³/mol. The van der Waals surface area contributed by atoms with Crippen LogP contribution in [0, 0.1) is 11.3 Å². The molecule has 4 nitrogen and oxygen atoms in total. The molecule has 0 aromatic heterocycles. The second kappa shape index (κ2) is 3.78. The van der Waals surface area contributed by atoms with Crippen LogP contribution >= 0.6 is 0 Å². The maximum atomic E-state index is 12.0. The first-order valence-electron chi connectivity index (χ1n) is 4.99. The van der Waals surface area contributed by atoms with Gasteiger partial charge in [-0.1, -0.05) is 30.3 Å². The van der Waals surface area contributed by atoms with Crippen LogP contribution in [0.2, 0.25) is 0 Å². The van der Waals surface area contributed by atoms with Gasteiger partial charge in [0.1, 0.15) is 11.3 Å². The van der Waals surface area contributed by atoms with Crippen molar-refractivity contribution in [3.05, 3.63) is 35.9 Å². The number of benzene rings is 1. The zero-order chi connectivity index (χ0) is 11.6. The normalized spacial score (nSPS) is 23.1. The Labute approximate surface area is 93.6 Å². The standard InChI is InChI=1S/C12H11N3O/c1-12(8-13)7-10(14-15-12)11(16)9-5-3-2-4-6-9/h2-6,15H,7H2,1H3. The summed E-state index contributed by atoms with van der Waals surface area (Å²) in [6, 6.07) is 11.0. The number of carbonyl (C=O) groups excluding carboxylic acids is 1. The van der Waals surface area contributed by atoms with Crippen LogP contribution in [0.4, 0.5) is 0 Å². The van der Waals surface area contributed by atoms with Gasteiger partial charge in [0.05, 0.1) is 6.07 Å². The van der Waals surface area contributed by atoms with Crippen LogP contribution in [0.1, 0.15) is 23.7 Å². The quantitative estimate of drug-likeness (QED) is 0.757. The maximum Gasteiger partial charge on any atom is 0.209 e. The minimum atomic E-state index is -0.750. The van der Waals surface area contributed by atoms with Gasteiger partial charge in [0.15, 0.2) is 0 Å². The van der Waals surface area contributed by atoms with Crippen molar-refractivity contribution in [2.45, 2.75) is 18.9 Å². The van der Waals surface area contributed by atoms with E-state index in [1.165, 1.54) is 0 Å². The number of hydrogen-bond acceptors (Lipinski definition) is 4. The summed E-state index contributed by atoms with van der Waals surface area (Å²) >= 11 is 0. The molecule has 0 amide bonds. The summed E-state index contributed by atoms with van der Waals surface area (Å²) in [6.07, 6.45) is 0.344. The Morgan fingerprint density at radius 2 is 2.19 bits per heavy atom. The van der Waals surface area contributed by atoms with Crippen LogP contribution in [-0.2, 0) is 0 Å². The van der Waals surface area contributed by atoms with E-state index in [2.05, 4.69) is 16.6 Å². The molecule has 1 atom stereocenters. The Kier molecular flexibility index (Phi) is 2.45. The van der Waals surface area contributed by atoms with Gasteiger partial charge in [0.25, 0.3) is 0 Å². The van der Waals surface area contributed by atoms with Crippen LogP contribution in [-0.4, -0.2) is 17.0 Å². The van der Waals surface area contributed by atoms with Gasteiger partial charge in [-0.2, -0.15) is 10.4 Å². The van der Waals surface area contributed by atoms with Crippen LogP contribution in [0.25, 0.3) is 0 Å². The van der Waals surface area contributed by atoms with Crippen LogP contribution < -0.4 is 5.43 Å². The molecule has 1 aromatic rings. The van der Waals surface area contributed by atoms with Gasteiger partial charge in [-0.15, -0.1) is 0 Å². The van der Waals surface area contributed by atoms with Gasteiger partial charge in [-0.3, -0.25) is 10.2 Å². The zero-order valence-corrected chi connectivity index (χ0v) is 8.90. The lowest BCUT2D eigenvalue weighted by molar-refractivity contribution is 0.106. The third kappa shape index (κ3) is 1.80. The van der Waals surface area contributed by atoms with Gasteiger partial charge in [0.2, 0.25) is 5.78 Å². The fourth-order valence-corrected chi connectivity index (χ4v) is 1.56.